The predicted molar refractivity (Wildman–Crippen MR) is 76.0 cm³/mol. The van der Waals surface area contributed by atoms with Gasteiger partial charge in [-0.15, -0.1) is 0 Å². The highest BCUT2D eigenvalue weighted by Crippen LogP contribution is 2.31. The van der Waals surface area contributed by atoms with E-state index in [1.807, 2.05) is 13.8 Å². The summed E-state index contributed by atoms with van der Waals surface area (Å²) in [5.41, 5.74) is 4.91. The average Bonchev–Trinajstić information content (AvgIpc) is 2.41. The van der Waals surface area contributed by atoms with Crippen LogP contribution in [-0.4, -0.2) is 25.3 Å². The van der Waals surface area contributed by atoms with Crippen molar-refractivity contribution in [3.8, 4) is 0 Å². The molecular weight excluding hydrogens is 298 g/mol. The molecule has 2 N–H and O–H groups in total. The zero-order valence-corrected chi connectivity index (χ0v) is 13.0. The first kappa shape index (κ1) is 16.3. The van der Waals surface area contributed by atoms with Crippen molar-refractivity contribution in [1.29, 1.82) is 0 Å². The minimum absolute atomic E-state index is 0.200. The lowest BCUT2D eigenvalue weighted by Gasteiger charge is -2.36. The second-order valence-corrected chi connectivity index (χ2v) is 7.38. The van der Waals surface area contributed by atoms with Gasteiger partial charge in [0.25, 0.3) is 0 Å². The molecule has 2 rings (SSSR count). The van der Waals surface area contributed by atoms with Crippen LogP contribution in [0, 0.1) is 17.6 Å². The lowest BCUT2D eigenvalue weighted by molar-refractivity contribution is 0.202. The molecule has 1 aromatic carbocycles. The predicted octanol–water partition coefficient (Wildman–Crippen LogP) is 2.23. The number of nitrogens with zero attached hydrogens (tertiary/aromatic N) is 1. The molecule has 1 heterocycles. The summed E-state index contributed by atoms with van der Waals surface area (Å²) in [5.74, 6) is -1.71. The average molecular weight is 318 g/mol. The number of rotatable bonds is 3. The molecule has 0 radical (unpaired) electrons. The van der Waals surface area contributed by atoms with Gasteiger partial charge in [0, 0.05) is 24.7 Å². The summed E-state index contributed by atoms with van der Waals surface area (Å²) in [6.07, 6.45) is 1.67. The van der Waals surface area contributed by atoms with Crippen LogP contribution >= 0.6 is 0 Å². The van der Waals surface area contributed by atoms with Crippen LogP contribution in [0.15, 0.2) is 17.0 Å². The first-order valence-corrected chi connectivity index (χ1v) is 8.43. The summed E-state index contributed by atoms with van der Waals surface area (Å²) in [4.78, 5) is -0.495. The summed E-state index contributed by atoms with van der Waals surface area (Å²) >= 11 is 0. The molecule has 4 nitrogen and oxygen atoms in total. The fraction of sp³-hybridized carbons (Fsp3) is 0.571. The van der Waals surface area contributed by atoms with Crippen molar-refractivity contribution < 1.29 is 17.2 Å². The molecular formula is C14H20F2N2O2S. The molecule has 1 aromatic rings. The molecule has 0 saturated carbocycles. The van der Waals surface area contributed by atoms with E-state index in [1.165, 1.54) is 4.31 Å². The zero-order chi connectivity index (χ0) is 15.8. The highest BCUT2D eigenvalue weighted by Gasteiger charge is 2.36. The lowest BCUT2D eigenvalue weighted by Crippen LogP contribution is -2.46. The first-order chi connectivity index (χ1) is 9.80. The minimum atomic E-state index is -3.99. The van der Waals surface area contributed by atoms with E-state index in [4.69, 9.17) is 5.73 Å². The molecule has 0 aliphatic carbocycles. The van der Waals surface area contributed by atoms with Crippen LogP contribution in [0.1, 0.15) is 32.3 Å². The molecule has 0 bridgehead atoms. The minimum Gasteiger partial charge on any atom is -0.326 e. The monoisotopic (exact) mass is 318 g/mol. The van der Waals surface area contributed by atoms with E-state index in [9.17, 15) is 17.2 Å². The Labute approximate surface area is 124 Å². The molecule has 0 aromatic heterocycles. The maximum absolute atomic E-state index is 14.3. The molecule has 7 heteroatoms. The largest absolute Gasteiger partial charge is 0.326 e. The van der Waals surface area contributed by atoms with E-state index in [0.29, 0.717) is 6.54 Å². The Morgan fingerprint density at radius 2 is 2.00 bits per heavy atom. The van der Waals surface area contributed by atoms with Crippen LogP contribution in [0.5, 0.6) is 0 Å². The number of hydrogen-bond acceptors (Lipinski definition) is 3. The van der Waals surface area contributed by atoms with Crippen molar-refractivity contribution in [1.82, 2.24) is 4.31 Å². The van der Waals surface area contributed by atoms with Crippen molar-refractivity contribution in [2.75, 3.05) is 6.54 Å². The topological polar surface area (TPSA) is 63.4 Å². The third-order valence-electron chi connectivity index (χ3n) is 4.26. The SMILES string of the molecule is CC1CCCN(S(=O)(=O)c2ccc(F)c(CN)c2F)C1C. The van der Waals surface area contributed by atoms with Crippen molar-refractivity contribution in [3.05, 3.63) is 29.3 Å². The maximum atomic E-state index is 14.3. The third kappa shape index (κ3) is 2.82. The summed E-state index contributed by atoms with van der Waals surface area (Å²) in [6, 6.07) is 1.72. The number of hydrogen-bond donors (Lipinski definition) is 1. The number of nitrogens with two attached hydrogens (primary N) is 1. The number of piperidine rings is 1. The molecule has 1 aliphatic heterocycles. The molecule has 1 saturated heterocycles. The van der Waals surface area contributed by atoms with Crippen LogP contribution in [0.3, 0.4) is 0 Å². The van der Waals surface area contributed by atoms with Crippen molar-refractivity contribution in [2.45, 2.75) is 44.2 Å². The standard InChI is InChI=1S/C14H20F2N2O2S/c1-9-4-3-7-18(10(9)2)21(19,20)13-6-5-12(15)11(8-17)14(13)16/h5-6,9-10H,3-4,7-8,17H2,1-2H3. The number of halogens is 2. The molecule has 0 spiro atoms. The fourth-order valence-corrected chi connectivity index (χ4v) is 4.58. The van der Waals surface area contributed by atoms with Crippen LogP contribution < -0.4 is 5.73 Å². The number of sulfonamides is 1. The Morgan fingerprint density at radius 1 is 1.33 bits per heavy atom. The Kier molecular flexibility index (Phi) is 4.65. The van der Waals surface area contributed by atoms with Crippen molar-refractivity contribution in [2.24, 2.45) is 11.7 Å². The van der Waals surface area contributed by atoms with Crippen LogP contribution in [0.4, 0.5) is 8.78 Å². The number of benzene rings is 1. The van der Waals surface area contributed by atoms with Gasteiger partial charge in [-0.1, -0.05) is 6.92 Å². The smallest absolute Gasteiger partial charge is 0.246 e. The normalized spacial score (nSPS) is 24.2. The van der Waals surface area contributed by atoms with Gasteiger partial charge in [0.2, 0.25) is 10.0 Å². The fourth-order valence-electron chi connectivity index (χ4n) is 2.73. The van der Waals surface area contributed by atoms with E-state index in [2.05, 4.69) is 0 Å². The highest BCUT2D eigenvalue weighted by atomic mass is 32.2. The maximum Gasteiger partial charge on any atom is 0.246 e. The van der Waals surface area contributed by atoms with Crippen LogP contribution in [0.2, 0.25) is 0 Å². The van der Waals surface area contributed by atoms with E-state index < -0.39 is 32.1 Å². The Bertz CT molecular complexity index is 634. The quantitative estimate of drug-likeness (QED) is 0.929. The van der Waals surface area contributed by atoms with E-state index in [-0.39, 0.29) is 18.5 Å². The van der Waals surface area contributed by atoms with E-state index in [0.717, 1.165) is 25.0 Å². The second-order valence-electron chi connectivity index (χ2n) is 5.52. The molecule has 2 atom stereocenters. The van der Waals surface area contributed by atoms with Gasteiger partial charge in [-0.05, 0) is 37.8 Å². The van der Waals surface area contributed by atoms with Gasteiger partial charge >= 0.3 is 0 Å². The van der Waals surface area contributed by atoms with Crippen LogP contribution in [0.25, 0.3) is 0 Å². The van der Waals surface area contributed by atoms with E-state index in [1.54, 1.807) is 0 Å². The van der Waals surface area contributed by atoms with E-state index >= 15 is 0 Å². The lowest BCUT2D eigenvalue weighted by atomic mass is 9.94. The molecule has 0 amide bonds. The molecule has 118 valence electrons. The summed E-state index contributed by atoms with van der Waals surface area (Å²) in [5, 5.41) is 0. The van der Waals surface area contributed by atoms with Gasteiger partial charge in [0.1, 0.15) is 10.7 Å². The Balaban J connectivity index is 2.49. The van der Waals surface area contributed by atoms with Crippen molar-refractivity contribution >= 4 is 10.0 Å². The van der Waals surface area contributed by atoms with Crippen LogP contribution in [-0.2, 0) is 16.6 Å². The summed E-state index contributed by atoms with van der Waals surface area (Å²) in [7, 11) is -3.99. The molecule has 21 heavy (non-hydrogen) atoms. The van der Waals surface area contributed by atoms with Gasteiger partial charge in [0.15, 0.2) is 5.82 Å². The first-order valence-electron chi connectivity index (χ1n) is 6.99. The highest BCUT2D eigenvalue weighted by molar-refractivity contribution is 7.89. The van der Waals surface area contributed by atoms with Gasteiger partial charge < -0.3 is 5.73 Å². The summed E-state index contributed by atoms with van der Waals surface area (Å²) in [6.45, 7) is 3.75. The Hall–Kier alpha value is -1.05. The molecule has 2 unspecified atom stereocenters. The van der Waals surface area contributed by atoms with Gasteiger partial charge in [0.05, 0.1) is 0 Å². The zero-order valence-electron chi connectivity index (χ0n) is 12.1. The van der Waals surface area contributed by atoms with Gasteiger partial charge in [-0.25, -0.2) is 17.2 Å². The molecule has 1 aliphatic rings. The van der Waals surface area contributed by atoms with Crippen molar-refractivity contribution in [3.63, 3.8) is 0 Å². The second kappa shape index (κ2) is 5.98. The molecule has 1 fully saturated rings. The summed E-state index contributed by atoms with van der Waals surface area (Å²) < 4.78 is 54.4. The third-order valence-corrected chi connectivity index (χ3v) is 6.26. The Morgan fingerprint density at radius 3 is 2.62 bits per heavy atom. The van der Waals surface area contributed by atoms with Gasteiger partial charge in [-0.3, -0.25) is 0 Å². The van der Waals surface area contributed by atoms with Gasteiger partial charge in [-0.2, -0.15) is 4.31 Å².